The number of likely N-dealkylation sites (tertiary alicyclic amines) is 1. The van der Waals surface area contributed by atoms with Gasteiger partial charge in [0.2, 0.25) is 5.91 Å². The Morgan fingerprint density at radius 2 is 1.83 bits per heavy atom. The van der Waals surface area contributed by atoms with E-state index in [1.165, 1.54) is 11.1 Å². The van der Waals surface area contributed by atoms with Crippen molar-refractivity contribution in [1.29, 1.82) is 0 Å². The third kappa shape index (κ3) is 3.80. The molecule has 1 amide bonds. The van der Waals surface area contributed by atoms with Crippen molar-refractivity contribution in [3.63, 3.8) is 0 Å². The SMILES string of the molecule is Cc1ccc(C(O)C2CC(=O)N(CCc3ccccc3)C2)cc1. The predicted octanol–water partition coefficient (Wildman–Crippen LogP) is 3.12. The Balaban J connectivity index is 1.59. The van der Waals surface area contributed by atoms with Crippen molar-refractivity contribution >= 4 is 5.91 Å². The maximum atomic E-state index is 12.2. The van der Waals surface area contributed by atoms with Gasteiger partial charge in [0, 0.05) is 25.4 Å². The van der Waals surface area contributed by atoms with Crippen molar-refractivity contribution in [2.75, 3.05) is 13.1 Å². The fourth-order valence-corrected chi connectivity index (χ4v) is 3.17. The Morgan fingerprint density at radius 1 is 1.13 bits per heavy atom. The Bertz CT molecular complexity index is 651. The lowest BCUT2D eigenvalue weighted by Gasteiger charge is -2.20. The van der Waals surface area contributed by atoms with E-state index in [-0.39, 0.29) is 11.8 Å². The molecule has 2 aromatic rings. The molecule has 3 heteroatoms. The number of carbonyl (C=O) groups is 1. The predicted molar refractivity (Wildman–Crippen MR) is 91.0 cm³/mol. The molecule has 1 fully saturated rings. The number of carbonyl (C=O) groups excluding carboxylic acids is 1. The normalized spacial score (nSPS) is 19.1. The zero-order valence-electron chi connectivity index (χ0n) is 13.5. The van der Waals surface area contributed by atoms with Crippen molar-refractivity contribution in [3.8, 4) is 0 Å². The number of hydrogen-bond donors (Lipinski definition) is 1. The van der Waals surface area contributed by atoms with Crippen LogP contribution in [0.1, 0.15) is 29.2 Å². The van der Waals surface area contributed by atoms with E-state index in [0.29, 0.717) is 13.0 Å². The number of nitrogens with zero attached hydrogens (tertiary/aromatic N) is 1. The first-order chi connectivity index (χ1) is 11.1. The monoisotopic (exact) mass is 309 g/mol. The van der Waals surface area contributed by atoms with Crippen LogP contribution in [-0.2, 0) is 11.2 Å². The molecule has 2 aromatic carbocycles. The highest BCUT2D eigenvalue weighted by atomic mass is 16.3. The number of aliphatic hydroxyl groups is 1. The molecule has 0 aromatic heterocycles. The molecular formula is C20H23NO2. The number of hydrogen-bond acceptors (Lipinski definition) is 2. The van der Waals surface area contributed by atoms with Crippen LogP contribution in [0, 0.1) is 12.8 Å². The standard InChI is InChI=1S/C20H23NO2/c1-15-7-9-17(10-8-15)20(23)18-13-19(22)21(14-18)12-11-16-5-3-2-4-6-16/h2-10,18,20,23H,11-14H2,1H3. The summed E-state index contributed by atoms with van der Waals surface area (Å²) in [5, 5.41) is 10.6. The van der Waals surface area contributed by atoms with Gasteiger partial charge in [0.1, 0.15) is 0 Å². The zero-order valence-corrected chi connectivity index (χ0v) is 13.5. The van der Waals surface area contributed by atoms with Gasteiger partial charge < -0.3 is 10.0 Å². The van der Waals surface area contributed by atoms with Crippen LogP contribution in [0.2, 0.25) is 0 Å². The molecule has 1 heterocycles. The molecule has 3 nitrogen and oxygen atoms in total. The first-order valence-electron chi connectivity index (χ1n) is 8.20. The Morgan fingerprint density at radius 3 is 2.52 bits per heavy atom. The second-order valence-electron chi connectivity index (χ2n) is 6.40. The highest BCUT2D eigenvalue weighted by Crippen LogP contribution is 2.30. The second kappa shape index (κ2) is 6.97. The van der Waals surface area contributed by atoms with E-state index in [1.807, 2.05) is 54.3 Å². The van der Waals surface area contributed by atoms with Gasteiger partial charge in [-0.05, 0) is 24.5 Å². The van der Waals surface area contributed by atoms with Crippen molar-refractivity contribution in [3.05, 3.63) is 71.3 Å². The molecule has 1 N–H and O–H groups in total. The van der Waals surface area contributed by atoms with Crippen LogP contribution in [0.25, 0.3) is 0 Å². The van der Waals surface area contributed by atoms with Gasteiger partial charge in [0.25, 0.3) is 0 Å². The number of rotatable bonds is 5. The molecule has 0 radical (unpaired) electrons. The van der Waals surface area contributed by atoms with E-state index in [2.05, 4.69) is 12.1 Å². The van der Waals surface area contributed by atoms with Crippen LogP contribution in [0.5, 0.6) is 0 Å². The maximum absolute atomic E-state index is 12.2. The largest absolute Gasteiger partial charge is 0.388 e. The number of aryl methyl sites for hydroxylation is 1. The summed E-state index contributed by atoms with van der Waals surface area (Å²) < 4.78 is 0. The van der Waals surface area contributed by atoms with Gasteiger partial charge in [-0.3, -0.25) is 4.79 Å². The molecule has 3 rings (SSSR count). The molecule has 120 valence electrons. The topological polar surface area (TPSA) is 40.5 Å². The maximum Gasteiger partial charge on any atom is 0.223 e. The van der Waals surface area contributed by atoms with Gasteiger partial charge in [-0.15, -0.1) is 0 Å². The van der Waals surface area contributed by atoms with E-state index in [1.54, 1.807) is 0 Å². The average Bonchev–Trinajstić information content (AvgIpc) is 2.95. The molecule has 1 aliphatic heterocycles. The van der Waals surface area contributed by atoms with E-state index in [4.69, 9.17) is 0 Å². The molecule has 0 aliphatic carbocycles. The second-order valence-corrected chi connectivity index (χ2v) is 6.40. The average molecular weight is 309 g/mol. The highest BCUT2D eigenvalue weighted by molar-refractivity contribution is 5.78. The highest BCUT2D eigenvalue weighted by Gasteiger charge is 2.34. The lowest BCUT2D eigenvalue weighted by molar-refractivity contribution is -0.127. The number of aliphatic hydroxyl groups excluding tert-OH is 1. The number of amides is 1. The van der Waals surface area contributed by atoms with Crippen LogP contribution >= 0.6 is 0 Å². The smallest absolute Gasteiger partial charge is 0.223 e. The molecule has 2 atom stereocenters. The van der Waals surface area contributed by atoms with Gasteiger partial charge in [0.15, 0.2) is 0 Å². The first-order valence-corrected chi connectivity index (χ1v) is 8.20. The lowest BCUT2D eigenvalue weighted by Crippen LogP contribution is -2.28. The van der Waals surface area contributed by atoms with Crippen molar-refractivity contribution in [1.82, 2.24) is 4.90 Å². The molecule has 0 saturated carbocycles. The van der Waals surface area contributed by atoms with Crippen LogP contribution < -0.4 is 0 Å². The molecule has 1 saturated heterocycles. The first kappa shape index (κ1) is 15.8. The fraction of sp³-hybridized carbons (Fsp3) is 0.350. The summed E-state index contributed by atoms with van der Waals surface area (Å²) in [5.74, 6) is 0.137. The van der Waals surface area contributed by atoms with Crippen molar-refractivity contribution in [2.45, 2.75) is 25.9 Å². The van der Waals surface area contributed by atoms with Crippen LogP contribution in [-0.4, -0.2) is 29.0 Å². The summed E-state index contributed by atoms with van der Waals surface area (Å²) in [7, 11) is 0. The lowest BCUT2D eigenvalue weighted by atomic mass is 9.94. The third-order valence-electron chi connectivity index (χ3n) is 4.62. The summed E-state index contributed by atoms with van der Waals surface area (Å²) in [5.41, 5.74) is 3.31. The Kier molecular flexibility index (Phi) is 4.77. The van der Waals surface area contributed by atoms with E-state index >= 15 is 0 Å². The molecule has 0 bridgehead atoms. The van der Waals surface area contributed by atoms with Gasteiger partial charge in [-0.1, -0.05) is 60.2 Å². The van der Waals surface area contributed by atoms with E-state index in [9.17, 15) is 9.90 Å². The minimum absolute atomic E-state index is 0.0130. The third-order valence-corrected chi connectivity index (χ3v) is 4.62. The minimum atomic E-state index is -0.568. The van der Waals surface area contributed by atoms with E-state index < -0.39 is 6.10 Å². The van der Waals surface area contributed by atoms with Crippen molar-refractivity contribution < 1.29 is 9.90 Å². The van der Waals surface area contributed by atoms with Gasteiger partial charge in [-0.2, -0.15) is 0 Å². The minimum Gasteiger partial charge on any atom is -0.388 e. The van der Waals surface area contributed by atoms with Crippen molar-refractivity contribution in [2.24, 2.45) is 5.92 Å². The number of benzene rings is 2. The molecule has 2 unspecified atom stereocenters. The zero-order chi connectivity index (χ0) is 16.2. The summed E-state index contributed by atoms with van der Waals surface area (Å²) in [4.78, 5) is 14.1. The molecule has 23 heavy (non-hydrogen) atoms. The van der Waals surface area contributed by atoms with Crippen LogP contribution in [0.3, 0.4) is 0 Å². The van der Waals surface area contributed by atoms with Crippen LogP contribution in [0.15, 0.2) is 54.6 Å². The van der Waals surface area contributed by atoms with E-state index in [0.717, 1.165) is 18.5 Å². The van der Waals surface area contributed by atoms with Gasteiger partial charge in [0.05, 0.1) is 6.10 Å². The van der Waals surface area contributed by atoms with Gasteiger partial charge >= 0.3 is 0 Å². The Hall–Kier alpha value is -2.13. The summed E-state index contributed by atoms with van der Waals surface area (Å²) in [6, 6.07) is 18.1. The van der Waals surface area contributed by atoms with Crippen LogP contribution in [0.4, 0.5) is 0 Å². The molecular weight excluding hydrogens is 286 g/mol. The Labute approximate surface area is 137 Å². The molecule has 1 aliphatic rings. The quantitative estimate of drug-likeness (QED) is 0.922. The fourth-order valence-electron chi connectivity index (χ4n) is 3.17. The summed E-state index contributed by atoms with van der Waals surface area (Å²) in [6.07, 6.45) is 0.727. The van der Waals surface area contributed by atoms with Gasteiger partial charge in [-0.25, -0.2) is 0 Å². The summed E-state index contributed by atoms with van der Waals surface area (Å²) in [6.45, 7) is 3.39. The summed E-state index contributed by atoms with van der Waals surface area (Å²) >= 11 is 0. The molecule has 0 spiro atoms.